The number of aromatic nitrogens is 2. The van der Waals surface area contributed by atoms with Crippen molar-refractivity contribution in [1.29, 1.82) is 0 Å². The van der Waals surface area contributed by atoms with Crippen molar-refractivity contribution in [3.63, 3.8) is 0 Å². The van der Waals surface area contributed by atoms with Crippen LogP contribution in [0.4, 0.5) is 5.82 Å². The molecule has 0 aliphatic carbocycles. The molecule has 0 saturated heterocycles. The molecule has 1 amide bonds. The molecule has 0 unspecified atom stereocenters. The summed E-state index contributed by atoms with van der Waals surface area (Å²) in [5, 5.41) is 9.63. The summed E-state index contributed by atoms with van der Waals surface area (Å²) in [6, 6.07) is 1.88. The van der Waals surface area contributed by atoms with Gasteiger partial charge < -0.3 is 5.32 Å². The molecule has 1 aromatic rings. The van der Waals surface area contributed by atoms with E-state index in [4.69, 9.17) is 0 Å². The lowest BCUT2D eigenvalue weighted by atomic mass is 10.2. The topological polar surface area (TPSA) is 57.8 Å². The van der Waals surface area contributed by atoms with Gasteiger partial charge in [0.05, 0.1) is 0 Å². The Labute approximate surface area is 84.1 Å². The van der Waals surface area contributed by atoms with Gasteiger partial charge in [-0.3, -0.25) is 9.89 Å². The molecule has 14 heavy (non-hydrogen) atoms. The number of nitrogens with one attached hydrogen (secondary N) is 2. The maximum absolute atomic E-state index is 11.3. The number of hydrogen-bond donors (Lipinski definition) is 2. The molecule has 0 aliphatic heterocycles. The first-order valence-corrected chi connectivity index (χ1v) is 4.98. The number of carbonyl (C=O) groups is 1. The molecule has 0 bridgehead atoms. The summed E-state index contributed by atoms with van der Waals surface area (Å²) in [6.45, 7) is 5.82. The third-order valence-electron chi connectivity index (χ3n) is 1.93. The second-order valence-electron chi connectivity index (χ2n) is 3.67. The summed E-state index contributed by atoms with van der Waals surface area (Å²) in [7, 11) is 0. The Kier molecular flexibility index (Phi) is 3.68. The predicted octanol–water partition coefficient (Wildman–Crippen LogP) is 1.96. The number of amides is 1. The van der Waals surface area contributed by atoms with Crippen LogP contribution in [0, 0.1) is 5.92 Å². The van der Waals surface area contributed by atoms with Crippen LogP contribution in [0.25, 0.3) is 0 Å². The van der Waals surface area contributed by atoms with Crippen LogP contribution < -0.4 is 5.32 Å². The standard InChI is InChI=1S/C10H17N3O/c1-4-5-8-6-9(13-12-8)11-10(14)7(2)3/h6-7H,4-5H2,1-3H3,(H2,11,12,13,14). The molecule has 0 aromatic carbocycles. The molecule has 0 aliphatic rings. The number of anilines is 1. The predicted molar refractivity (Wildman–Crippen MR) is 56.1 cm³/mol. The van der Waals surface area contributed by atoms with Crippen molar-refractivity contribution >= 4 is 11.7 Å². The van der Waals surface area contributed by atoms with Gasteiger partial charge in [0, 0.05) is 17.7 Å². The first-order valence-electron chi connectivity index (χ1n) is 4.98. The normalized spacial score (nSPS) is 10.6. The SMILES string of the molecule is CCCc1cc(NC(=O)C(C)C)n[nH]1. The van der Waals surface area contributed by atoms with E-state index in [1.54, 1.807) is 0 Å². The van der Waals surface area contributed by atoms with E-state index in [9.17, 15) is 4.79 Å². The lowest BCUT2D eigenvalue weighted by Gasteiger charge is -2.02. The first kappa shape index (κ1) is 10.8. The van der Waals surface area contributed by atoms with Crippen molar-refractivity contribution in [2.24, 2.45) is 5.92 Å². The average molecular weight is 195 g/mol. The number of nitrogens with zero attached hydrogens (tertiary/aromatic N) is 1. The number of carbonyl (C=O) groups excluding carboxylic acids is 1. The van der Waals surface area contributed by atoms with Crippen molar-refractivity contribution in [2.75, 3.05) is 5.32 Å². The Hall–Kier alpha value is -1.32. The maximum atomic E-state index is 11.3. The number of hydrogen-bond acceptors (Lipinski definition) is 2. The summed E-state index contributed by atoms with van der Waals surface area (Å²) in [6.07, 6.45) is 2.03. The van der Waals surface area contributed by atoms with Crippen molar-refractivity contribution < 1.29 is 4.79 Å². The number of rotatable bonds is 4. The Morgan fingerprint density at radius 1 is 1.64 bits per heavy atom. The van der Waals surface area contributed by atoms with Crippen molar-refractivity contribution in [1.82, 2.24) is 10.2 Å². The molecular weight excluding hydrogens is 178 g/mol. The first-order chi connectivity index (χ1) is 6.63. The van der Waals surface area contributed by atoms with E-state index >= 15 is 0 Å². The third kappa shape index (κ3) is 2.87. The monoisotopic (exact) mass is 195 g/mol. The second kappa shape index (κ2) is 4.79. The molecule has 0 radical (unpaired) electrons. The molecule has 0 atom stereocenters. The summed E-state index contributed by atoms with van der Waals surface area (Å²) in [5.74, 6) is 0.605. The highest BCUT2D eigenvalue weighted by atomic mass is 16.1. The summed E-state index contributed by atoms with van der Waals surface area (Å²) >= 11 is 0. The van der Waals surface area contributed by atoms with Crippen LogP contribution in [-0.2, 0) is 11.2 Å². The van der Waals surface area contributed by atoms with E-state index in [0.29, 0.717) is 5.82 Å². The van der Waals surface area contributed by atoms with Crippen LogP contribution in [0.3, 0.4) is 0 Å². The number of aromatic amines is 1. The van der Waals surface area contributed by atoms with E-state index in [0.717, 1.165) is 18.5 Å². The fraction of sp³-hybridized carbons (Fsp3) is 0.600. The van der Waals surface area contributed by atoms with Crippen LogP contribution in [0.15, 0.2) is 6.07 Å². The Morgan fingerprint density at radius 3 is 2.93 bits per heavy atom. The highest BCUT2D eigenvalue weighted by molar-refractivity contribution is 5.91. The van der Waals surface area contributed by atoms with Crippen molar-refractivity contribution in [3.8, 4) is 0 Å². The molecule has 78 valence electrons. The van der Waals surface area contributed by atoms with Crippen LogP contribution in [0.1, 0.15) is 32.9 Å². The van der Waals surface area contributed by atoms with Gasteiger partial charge in [0.2, 0.25) is 5.91 Å². The van der Waals surface area contributed by atoms with E-state index < -0.39 is 0 Å². The molecular formula is C10H17N3O. The second-order valence-corrected chi connectivity index (χ2v) is 3.67. The highest BCUT2D eigenvalue weighted by Crippen LogP contribution is 2.08. The molecule has 2 N–H and O–H groups in total. The van der Waals surface area contributed by atoms with Gasteiger partial charge in [-0.05, 0) is 6.42 Å². The summed E-state index contributed by atoms with van der Waals surface area (Å²) in [5.41, 5.74) is 1.06. The quantitative estimate of drug-likeness (QED) is 0.771. The van der Waals surface area contributed by atoms with E-state index in [1.165, 1.54) is 0 Å². The van der Waals surface area contributed by atoms with Crippen molar-refractivity contribution in [2.45, 2.75) is 33.6 Å². The minimum Gasteiger partial charge on any atom is -0.309 e. The van der Waals surface area contributed by atoms with Crippen LogP contribution in [0.5, 0.6) is 0 Å². The Morgan fingerprint density at radius 2 is 2.36 bits per heavy atom. The van der Waals surface area contributed by atoms with Gasteiger partial charge >= 0.3 is 0 Å². The Balaban J connectivity index is 2.55. The third-order valence-corrected chi connectivity index (χ3v) is 1.93. The zero-order valence-corrected chi connectivity index (χ0v) is 8.92. The van der Waals surface area contributed by atoms with E-state index in [1.807, 2.05) is 19.9 Å². The molecule has 1 rings (SSSR count). The van der Waals surface area contributed by atoms with Gasteiger partial charge in [-0.25, -0.2) is 0 Å². The zero-order valence-electron chi connectivity index (χ0n) is 8.92. The minimum atomic E-state index is -0.0127. The molecule has 0 saturated carbocycles. The lowest BCUT2D eigenvalue weighted by molar-refractivity contribution is -0.118. The van der Waals surface area contributed by atoms with Gasteiger partial charge in [0.1, 0.15) is 0 Å². The van der Waals surface area contributed by atoms with Gasteiger partial charge in [-0.1, -0.05) is 27.2 Å². The molecule has 0 spiro atoms. The zero-order chi connectivity index (χ0) is 10.6. The molecule has 0 fully saturated rings. The number of H-pyrrole nitrogens is 1. The van der Waals surface area contributed by atoms with Gasteiger partial charge in [-0.15, -0.1) is 0 Å². The van der Waals surface area contributed by atoms with Gasteiger partial charge in [-0.2, -0.15) is 5.10 Å². The van der Waals surface area contributed by atoms with E-state index in [2.05, 4.69) is 22.4 Å². The Bertz CT molecular complexity index is 304. The van der Waals surface area contributed by atoms with Crippen LogP contribution >= 0.6 is 0 Å². The number of aryl methyl sites for hydroxylation is 1. The minimum absolute atomic E-state index is 0.000418. The largest absolute Gasteiger partial charge is 0.309 e. The smallest absolute Gasteiger partial charge is 0.228 e. The molecule has 4 nitrogen and oxygen atoms in total. The summed E-state index contributed by atoms with van der Waals surface area (Å²) < 4.78 is 0. The summed E-state index contributed by atoms with van der Waals surface area (Å²) in [4.78, 5) is 11.3. The molecule has 4 heteroatoms. The average Bonchev–Trinajstić information content (AvgIpc) is 2.53. The van der Waals surface area contributed by atoms with Gasteiger partial charge in [0.25, 0.3) is 0 Å². The van der Waals surface area contributed by atoms with Crippen LogP contribution in [-0.4, -0.2) is 16.1 Å². The fourth-order valence-electron chi connectivity index (χ4n) is 1.09. The lowest BCUT2D eigenvalue weighted by Crippen LogP contribution is -2.17. The maximum Gasteiger partial charge on any atom is 0.228 e. The van der Waals surface area contributed by atoms with Crippen LogP contribution in [0.2, 0.25) is 0 Å². The van der Waals surface area contributed by atoms with Gasteiger partial charge in [0.15, 0.2) is 5.82 Å². The van der Waals surface area contributed by atoms with E-state index in [-0.39, 0.29) is 11.8 Å². The highest BCUT2D eigenvalue weighted by Gasteiger charge is 2.08. The van der Waals surface area contributed by atoms with Crippen molar-refractivity contribution in [3.05, 3.63) is 11.8 Å². The fourth-order valence-corrected chi connectivity index (χ4v) is 1.09. The molecule has 1 aromatic heterocycles. The molecule has 1 heterocycles.